The highest BCUT2D eigenvalue weighted by Crippen LogP contribution is 2.31. The minimum Gasteiger partial charge on any atom is -0.350 e. The number of likely N-dealkylation sites (N-methyl/N-ethyl adjacent to an activating group) is 1. The van der Waals surface area contributed by atoms with Crippen LogP contribution in [0.25, 0.3) is 0 Å². The molecule has 10 heteroatoms. The van der Waals surface area contributed by atoms with E-state index in [9.17, 15) is 13.2 Å². The van der Waals surface area contributed by atoms with Crippen molar-refractivity contribution in [2.75, 3.05) is 20.6 Å². The molecule has 1 unspecified atom stereocenters. The maximum atomic E-state index is 12.7. The Morgan fingerprint density at radius 3 is 2.57 bits per heavy atom. The van der Waals surface area contributed by atoms with Crippen LogP contribution in [0.2, 0.25) is 10.0 Å². The summed E-state index contributed by atoms with van der Waals surface area (Å²) in [7, 11) is 0.0534. The lowest BCUT2D eigenvalue weighted by atomic mass is 10.2. The van der Waals surface area contributed by atoms with E-state index in [2.05, 4.69) is 10.0 Å². The average molecular weight is 462 g/mol. The Bertz CT molecular complexity index is 959. The third-order valence-electron chi connectivity index (χ3n) is 4.41. The van der Waals surface area contributed by atoms with Crippen LogP contribution in [0, 0.1) is 0 Å². The van der Waals surface area contributed by atoms with Crippen molar-refractivity contribution in [2.45, 2.75) is 29.8 Å². The van der Waals surface area contributed by atoms with Crippen molar-refractivity contribution in [3.8, 4) is 0 Å². The van der Waals surface area contributed by atoms with Crippen molar-refractivity contribution in [2.24, 2.45) is 0 Å². The van der Waals surface area contributed by atoms with Gasteiger partial charge in [0.05, 0.1) is 21.7 Å². The highest BCUT2D eigenvalue weighted by Gasteiger charge is 2.30. The summed E-state index contributed by atoms with van der Waals surface area (Å²) in [5, 5.41) is 4.91. The Morgan fingerprint density at radius 2 is 2.00 bits per heavy atom. The van der Waals surface area contributed by atoms with E-state index in [1.165, 1.54) is 12.1 Å². The van der Waals surface area contributed by atoms with Gasteiger partial charge in [-0.2, -0.15) is 0 Å². The van der Waals surface area contributed by atoms with E-state index in [1.807, 2.05) is 36.5 Å². The first-order valence-electron chi connectivity index (χ1n) is 8.68. The van der Waals surface area contributed by atoms with E-state index in [0.717, 1.165) is 17.7 Å². The first-order chi connectivity index (χ1) is 13.2. The van der Waals surface area contributed by atoms with Crippen molar-refractivity contribution in [3.63, 3.8) is 0 Å². The summed E-state index contributed by atoms with van der Waals surface area (Å²) in [6.45, 7) is 0.355. The summed E-state index contributed by atoms with van der Waals surface area (Å²) in [5.74, 6) is -0.451. The highest BCUT2D eigenvalue weighted by molar-refractivity contribution is 7.89. The second kappa shape index (κ2) is 8.69. The third kappa shape index (κ3) is 5.06. The molecule has 0 radical (unpaired) electrons. The molecular weight excluding hydrogens is 441 g/mol. The van der Waals surface area contributed by atoms with E-state index in [-0.39, 0.29) is 32.6 Å². The number of nitrogens with zero attached hydrogens (tertiary/aromatic N) is 1. The summed E-state index contributed by atoms with van der Waals surface area (Å²) in [5.41, 5.74) is 0.0749. The van der Waals surface area contributed by atoms with Crippen molar-refractivity contribution in [3.05, 3.63) is 50.1 Å². The molecule has 0 saturated heterocycles. The molecule has 152 valence electrons. The van der Waals surface area contributed by atoms with Crippen LogP contribution in [0.15, 0.2) is 34.5 Å². The molecule has 1 amide bonds. The van der Waals surface area contributed by atoms with Crippen LogP contribution in [0.1, 0.15) is 34.1 Å². The number of carbonyl (C=O) groups is 1. The van der Waals surface area contributed by atoms with Gasteiger partial charge in [0, 0.05) is 17.5 Å². The van der Waals surface area contributed by atoms with E-state index in [0.29, 0.717) is 6.54 Å². The Balaban J connectivity index is 1.80. The normalized spacial score (nSPS) is 15.6. The predicted molar refractivity (Wildman–Crippen MR) is 113 cm³/mol. The zero-order valence-corrected chi connectivity index (χ0v) is 18.6. The Hall–Kier alpha value is -1.16. The number of sulfonamides is 1. The second-order valence-corrected chi connectivity index (χ2v) is 10.3. The van der Waals surface area contributed by atoms with Gasteiger partial charge in [-0.3, -0.25) is 4.79 Å². The molecule has 1 atom stereocenters. The van der Waals surface area contributed by atoms with E-state index in [4.69, 9.17) is 23.2 Å². The van der Waals surface area contributed by atoms with Gasteiger partial charge in [-0.1, -0.05) is 29.3 Å². The molecule has 0 aliphatic heterocycles. The lowest BCUT2D eigenvalue weighted by Crippen LogP contribution is -2.34. The Kier molecular flexibility index (Phi) is 6.69. The van der Waals surface area contributed by atoms with Gasteiger partial charge in [0.25, 0.3) is 5.91 Å². The lowest BCUT2D eigenvalue weighted by Gasteiger charge is -2.23. The summed E-state index contributed by atoms with van der Waals surface area (Å²) in [4.78, 5) is 15.7. The van der Waals surface area contributed by atoms with E-state index < -0.39 is 15.9 Å². The molecule has 1 fully saturated rings. The number of rotatable bonds is 8. The van der Waals surface area contributed by atoms with Crippen LogP contribution in [0.5, 0.6) is 0 Å². The summed E-state index contributed by atoms with van der Waals surface area (Å²) in [6, 6.07) is 6.42. The van der Waals surface area contributed by atoms with Gasteiger partial charge in [-0.05, 0) is 50.5 Å². The number of benzene rings is 1. The van der Waals surface area contributed by atoms with Crippen molar-refractivity contribution >= 4 is 50.5 Å². The summed E-state index contributed by atoms with van der Waals surface area (Å²) in [6.07, 6.45) is 1.60. The van der Waals surface area contributed by atoms with Crippen molar-refractivity contribution in [1.29, 1.82) is 0 Å². The quantitative estimate of drug-likeness (QED) is 0.629. The maximum Gasteiger partial charge on any atom is 0.252 e. The molecule has 1 aromatic carbocycles. The van der Waals surface area contributed by atoms with Crippen LogP contribution in [-0.4, -0.2) is 45.9 Å². The molecule has 0 spiro atoms. The standard InChI is InChI=1S/C18H21Cl2N3O3S2/c1-23(2)15(16-4-3-7-27-16)10-21-18(24)12-8-17(14(20)9-13(12)19)28(25,26)22-11-5-6-11/h3-4,7-9,11,15,22H,5-6,10H2,1-2H3,(H,21,24). The fourth-order valence-electron chi connectivity index (χ4n) is 2.70. The third-order valence-corrected chi connectivity index (χ3v) is 7.68. The number of hydrogen-bond acceptors (Lipinski definition) is 5. The fraction of sp³-hybridized carbons (Fsp3) is 0.389. The smallest absolute Gasteiger partial charge is 0.252 e. The number of nitrogens with one attached hydrogen (secondary N) is 2. The first-order valence-corrected chi connectivity index (χ1v) is 11.8. The second-order valence-electron chi connectivity index (χ2n) is 6.86. The van der Waals surface area contributed by atoms with Crippen LogP contribution >= 0.6 is 34.5 Å². The number of hydrogen-bond donors (Lipinski definition) is 2. The molecular formula is C18H21Cl2N3O3S2. The number of thiophene rings is 1. The monoisotopic (exact) mass is 461 g/mol. The van der Waals surface area contributed by atoms with Gasteiger partial charge in [0.1, 0.15) is 4.90 Å². The molecule has 2 N–H and O–H groups in total. The number of amides is 1. The lowest BCUT2D eigenvalue weighted by molar-refractivity contribution is 0.0942. The first kappa shape index (κ1) is 21.5. The Labute approximate surface area is 178 Å². The average Bonchev–Trinajstić information content (AvgIpc) is 3.23. The minimum atomic E-state index is -3.81. The van der Waals surface area contributed by atoms with Crippen LogP contribution in [-0.2, 0) is 10.0 Å². The van der Waals surface area contributed by atoms with Gasteiger partial charge in [0.15, 0.2) is 0 Å². The fourth-order valence-corrected chi connectivity index (χ4v) is 5.78. The zero-order chi connectivity index (χ0) is 20.5. The summed E-state index contributed by atoms with van der Waals surface area (Å²) < 4.78 is 27.6. The van der Waals surface area contributed by atoms with Crippen LogP contribution in [0.4, 0.5) is 0 Å². The molecule has 1 aromatic heterocycles. The van der Waals surface area contributed by atoms with Gasteiger partial charge < -0.3 is 10.2 Å². The molecule has 1 aliphatic carbocycles. The molecule has 6 nitrogen and oxygen atoms in total. The number of carbonyl (C=O) groups excluding carboxylic acids is 1. The molecule has 1 aliphatic rings. The summed E-state index contributed by atoms with van der Waals surface area (Å²) >= 11 is 13.9. The van der Waals surface area contributed by atoms with Crippen LogP contribution < -0.4 is 10.0 Å². The van der Waals surface area contributed by atoms with Crippen LogP contribution in [0.3, 0.4) is 0 Å². The highest BCUT2D eigenvalue weighted by atomic mass is 35.5. The molecule has 1 saturated carbocycles. The maximum absolute atomic E-state index is 12.7. The largest absolute Gasteiger partial charge is 0.350 e. The SMILES string of the molecule is CN(C)C(CNC(=O)c1cc(S(=O)(=O)NC2CC2)c(Cl)cc1Cl)c1cccs1. The topological polar surface area (TPSA) is 78.5 Å². The molecule has 3 rings (SSSR count). The Morgan fingerprint density at radius 1 is 1.29 bits per heavy atom. The van der Waals surface area contributed by atoms with E-state index >= 15 is 0 Å². The van der Waals surface area contributed by atoms with Crippen molar-refractivity contribution < 1.29 is 13.2 Å². The minimum absolute atomic E-state index is 0.00485. The molecule has 1 heterocycles. The molecule has 0 bridgehead atoms. The van der Waals surface area contributed by atoms with E-state index in [1.54, 1.807) is 11.3 Å². The predicted octanol–water partition coefficient (Wildman–Crippen LogP) is 3.53. The van der Waals surface area contributed by atoms with Gasteiger partial charge >= 0.3 is 0 Å². The van der Waals surface area contributed by atoms with Gasteiger partial charge in [0.2, 0.25) is 10.0 Å². The molecule has 2 aromatic rings. The van der Waals surface area contributed by atoms with Gasteiger partial charge in [-0.25, -0.2) is 13.1 Å². The number of halogens is 2. The zero-order valence-electron chi connectivity index (χ0n) is 15.4. The van der Waals surface area contributed by atoms with Gasteiger partial charge in [-0.15, -0.1) is 11.3 Å². The molecule has 28 heavy (non-hydrogen) atoms. The van der Waals surface area contributed by atoms with Crippen molar-refractivity contribution in [1.82, 2.24) is 14.9 Å².